The maximum absolute atomic E-state index is 14.2. The van der Waals surface area contributed by atoms with Crippen molar-refractivity contribution in [3.05, 3.63) is 33.5 Å². The largest absolute Gasteiger partial charge is 0.469 e. The van der Waals surface area contributed by atoms with Gasteiger partial charge in [0, 0.05) is 17.6 Å². The van der Waals surface area contributed by atoms with Crippen molar-refractivity contribution in [2.45, 2.75) is 19.8 Å². The van der Waals surface area contributed by atoms with E-state index in [0.29, 0.717) is 36.0 Å². The summed E-state index contributed by atoms with van der Waals surface area (Å²) in [7, 11) is 1.36. The second kappa shape index (κ2) is 6.56. The molecule has 0 bridgehead atoms. The fraction of sp³-hybridized carbons (Fsp3) is 0.467. The predicted molar refractivity (Wildman–Crippen MR) is 79.5 cm³/mol. The molecule has 4 nitrogen and oxygen atoms in total. The van der Waals surface area contributed by atoms with Gasteiger partial charge < -0.3 is 9.64 Å². The highest BCUT2D eigenvalue weighted by Crippen LogP contribution is 2.25. The fourth-order valence-electron chi connectivity index (χ4n) is 2.48. The molecule has 0 spiro atoms. The third-order valence-electron chi connectivity index (χ3n) is 3.87. The van der Waals surface area contributed by atoms with Crippen molar-refractivity contribution in [3.63, 3.8) is 0 Å². The lowest BCUT2D eigenvalue weighted by molar-refractivity contribution is -0.146. The van der Waals surface area contributed by atoms with Gasteiger partial charge in [0.1, 0.15) is 5.82 Å². The molecule has 1 aliphatic heterocycles. The van der Waals surface area contributed by atoms with E-state index in [0.717, 1.165) is 0 Å². The summed E-state index contributed by atoms with van der Waals surface area (Å²) in [6, 6.07) is 3.16. The minimum Gasteiger partial charge on any atom is -0.469 e. The number of halogens is 2. The van der Waals surface area contributed by atoms with Crippen LogP contribution >= 0.6 is 15.9 Å². The van der Waals surface area contributed by atoms with Gasteiger partial charge in [-0.3, -0.25) is 9.59 Å². The monoisotopic (exact) mass is 357 g/mol. The Hall–Kier alpha value is -1.43. The van der Waals surface area contributed by atoms with Crippen molar-refractivity contribution in [2.75, 3.05) is 20.2 Å². The van der Waals surface area contributed by atoms with E-state index in [4.69, 9.17) is 4.74 Å². The van der Waals surface area contributed by atoms with Crippen LogP contribution in [0.2, 0.25) is 0 Å². The zero-order valence-electron chi connectivity index (χ0n) is 12.0. The molecule has 0 unspecified atom stereocenters. The van der Waals surface area contributed by atoms with Gasteiger partial charge in [-0.25, -0.2) is 4.39 Å². The van der Waals surface area contributed by atoms with E-state index >= 15 is 0 Å². The van der Waals surface area contributed by atoms with Gasteiger partial charge in [-0.05, 0) is 37.5 Å². The van der Waals surface area contributed by atoms with Gasteiger partial charge >= 0.3 is 5.97 Å². The van der Waals surface area contributed by atoms with Gasteiger partial charge in [-0.2, -0.15) is 0 Å². The lowest BCUT2D eigenvalue weighted by Crippen LogP contribution is -2.40. The number of esters is 1. The molecule has 1 fully saturated rings. The first-order valence-corrected chi connectivity index (χ1v) is 7.56. The van der Waals surface area contributed by atoms with Crippen molar-refractivity contribution < 1.29 is 18.7 Å². The number of carbonyl (C=O) groups excluding carboxylic acids is 2. The van der Waals surface area contributed by atoms with Crippen LogP contribution in [0.5, 0.6) is 0 Å². The molecule has 0 saturated carbocycles. The highest BCUT2D eigenvalue weighted by molar-refractivity contribution is 9.10. The van der Waals surface area contributed by atoms with Gasteiger partial charge in [0.15, 0.2) is 0 Å². The Morgan fingerprint density at radius 3 is 2.52 bits per heavy atom. The Bertz CT molecular complexity index is 568. The molecule has 6 heteroatoms. The molecule has 0 radical (unpaired) electrons. The molecule has 2 rings (SSSR count). The van der Waals surface area contributed by atoms with Crippen LogP contribution in [0, 0.1) is 18.7 Å². The number of carbonyl (C=O) groups is 2. The molecule has 1 heterocycles. The van der Waals surface area contributed by atoms with Crippen LogP contribution in [0.3, 0.4) is 0 Å². The Morgan fingerprint density at radius 1 is 1.33 bits per heavy atom. The van der Waals surface area contributed by atoms with Crippen LogP contribution < -0.4 is 0 Å². The molecule has 114 valence electrons. The van der Waals surface area contributed by atoms with Crippen molar-refractivity contribution in [3.8, 4) is 0 Å². The second-order valence-electron chi connectivity index (χ2n) is 5.12. The summed E-state index contributed by atoms with van der Waals surface area (Å²) < 4.78 is 19.5. The first kappa shape index (κ1) is 15.9. The number of likely N-dealkylation sites (tertiary alicyclic amines) is 1. The molecule has 0 N–H and O–H groups in total. The smallest absolute Gasteiger partial charge is 0.308 e. The standard InChI is InChI=1S/C15H17BrFNO3/c1-9-12(16)4-3-11(13(9)17)14(19)18-7-5-10(6-8-18)15(20)21-2/h3-4,10H,5-8H2,1-2H3. The Balaban J connectivity index is 2.09. The van der Waals surface area contributed by atoms with E-state index in [1.165, 1.54) is 13.2 Å². The van der Waals surface area contributed by atoms with Gasteiger partial charge in [-0.1, -0.05) is 15.9 Å². The van der Waals surface area contributed by atoms with Crippen LogP contribution in [-0.4, -0.2) is 37.0 Å². The van der Waals surface area contributed by atoms with Crippen molar-refractivity contribution in [1.29, 1.82) is 0 Å². The van der Waals surface area contributed by atoms with E-state index in [1.807, 2.05) is 0 Å². The number of piperidine rings is 1. The normalized spacial score (nSPS) is 15.9. The zero-order chi connectivity index (χ0) is 15.6. The summed E-state index contributed by atoms with van der Waals surface area (Å²) in [6.07, 6.45) is 1.10. The minimum atomic E-state index is -0.496. The van der Waals surface area contributed by atoms with Gasteiger partial charge in [0.25, 0.3) is 5.91 Å². The van der Waals surface area contributed by atoms with Crippen molar-refractivity contribution >= 4 is 27.8 Å². The maximum Gasteiger partial charge on any atom is 0.308 e. The Morgan fingerprint density at radius 2 is 1.95 bits per heavy atom. The molecule has 0 aromatic heterocycles. The van der Waals surface area contributed by atoms with Crippen LogP contribution in [-0.2, 0) is 9.53 Å². The average Bonchev–Trinajstić information content (AvgIpc) is 2.51. The molecule has 1 aromatic carbocycles. The number of ether oxygens (including phenoxy) is 1. The molecule has 1 amide bonds. The average molecular weight is 358 g/mol. The summed E-state index contributed by atoms with van der Waals surface area (Å²) in [5, 5.41) is 0. The lowest BCUT2D eigenvalue weighted by atomic mass is 9.96. The highest BCUT2D eigenvalue weighted by Gasteiger charge is 2.29. The molecule has 1 aromatic rings. The lowest BCUT2D eigenvalue weighted by Gasteiger charge is -2.31. The summed E-state index contributed by atoms with van der Waals surface area (Å²) in [4.78, 5) is 25.4. The SMILES string of the molecule is COC(=O)C1CCN(C(=O)c2ccc(Br)c(C)c2F)CC1. The third-order valence-corrected chi connectivity index (χ3v) is 4.73. The number of methoxy groups -OCH3 is 1. The number of amides is 1. The van der Waals surface area contributed by atoms with Crippen LogP contribution in [0.25, 0.3) is 0 Å². The topological polar surface area (TPSA) is 46.6 Å². The summed E-state index contributed by atoms with van der Waals surface area (Å²) in [6.45, 7) is 2.50. The van der Waals surface area contributed by atoms with E-state index in [-0.39, 0.29) is 23.4 Å². The van der Waals surface area contributed by atoms with E-state index < -0.39 is 5.82 Å². The van der Waals surface area contributed by atoms with Crippen LogP contribution in [0.4, 0.5) is 4.39 Å². The van der Waals surface area contributed by atoms with E-state index in [2.05, 4.69) is 15.9 Å². The summed E-state index contributed by atoms with van der Waals surface area (Å²) >= 11 is 3.24. The van der Waals surface area contributed by atoms with Gasteiger partial charge in [-0.15, -0.1) is 0 Å². The Kier molecular flexibility index (Phi) is 4.98. The summed E-state index contributed by atoms with van der Waals surface area (Å²) in [5.74, 6) is -1.24. The fourth-order valence-corrected chi connectivity index (χ4v) is 2.79. The van der Waals surface area contributed by atoms with Crippen LogP contribution in [0.15, 0.2) is 16.6 Å². The zero-order valence-corrected chi connectivity index (χ0v) is 13.6. The Labute approximate surface area is 131 Å². The second-order valence-corrected chi connectivity index (χ2v) is 5.98. The number of hydrogen-bond donors (Lipinski definition) is 0. The molecule has 1 saturated heterocycles. The first-order chi connectivity index (χ1) is 9.95. The molecular weight excluding hydrogens is 341 g/mol. The molecule has 0 atom stereocenters. The third kappa shape index (κ3) is 3.26. The minimum absolute atomic E-state index is 0.0761. The van der Waals surface area contributed by atoms with Gasteiger partial charge in [0.2, 0.25) is 0 Å². The molecule has 1 aliphatic rings. The quantitative estimate of drug-likeness (QED) is 0.764. The first-order valence-electron chi connectivity index (χ1n) is 6.77. The van der Waals surface area contributed by atoms with Crippen molar-refractivity contribution in [2.24, 2.45) is 5.92 Å². The molecule has 21 heavy (non-hydrogen) atoms. The predicted octanol–water partition coefficient (Wildman–Crippen LogP) is 2.92. The van der Waals surface area contributed by atoms with E-state index in [1.54, 1.807) is 17.9 Å². The summed E-state index contributed by atoms with van der Waals surface area (Å²) in [5.41, 5.74) is 0.498. The number of hydrogen-bond acceptors (Lipinski definition) is 3. The molecular formula is C15H17BrFNO3. The number of benzene rings is 1. The number of rotatable bonds is 2. The molecule has 0 aliphatic carbocycles. The van der Waals surface area contributed by atoms with Crippen molar-refractivity contribution in [1.82, 2.24) is 4.90 Å². The van der Waals surface area contributed by atoms with E-state index in [9.17, 15) is 14.0 Å². The number of nitrogens with zero attached hydrogens (tertiary/aromatic N) is 1. The highest BCUT2D eigenvalue weighted by atomic mass is 79.9. The van der Waals surface area contributed by atoms with Crippen LogP contribution in [0.1, 0.15) is 28.8 Å². The maximum atomic E-state index is 14.2. The van der Waals surface area contributed by atoms with Gasteiger partial charge in [0.05, 0.1) is 18.6 Å².